The lowest BCUT2D eigenvalue weighted by Gasteiger charge is -2.35. The maximum atomic E-state index is 13.5. The molecule has 1 N–H and O–H groups in total. The molecule has 2 amide bonds. The smallest absolute Gasteiger partial charge is 0.475 e. The number of benzene rings is 1. The van der Waals surface area contributed by atoms with E-state index in [4.69, 9.17) is 21.5 Å². The first-order valence-corrected chi connectivity index (χ1v) is 13.9. The molecule has 15 heteroatoms. The highest BCUT2D eigenvalue weighted by molar-refractivity contribution is 6.30. The van der Waals surface area contributed by atoms with E-state index in [1.54, 1.807) is 11.7 Å². The Labute approximate surface area is 241 Å². The van der Waals surface area contributed by atoms with Crippen LogP contribution in [0.25, 0.3) is 0 Å². The highest BCUT2D eigenvalue weighted by Crippen LogP contribution is 2.26. The van der Waals surface area contributed by atoms with Crippen LogP contribution < -0.4 is 4.90 Å². The molecule has 2 fully saturated rings. The van der Waals surface area contributed by atoms with Gasteiger partial charge in [0.2, 0.25) is 11.8 Å². The highest BCUT2D eigenvalue weighted by Gasteiger charge is 2.38. The van der Waals surface area contributed by atoms with Gasteiger partial charge in [0.1, 0.15) is 0 Å². The summed E-state index contributed by atoms with van der Waals surface area (Å²) in [7, 11) is 0. The second-order valence-corrected chi connectivity index (χ2v) is 10.6. The molecule has 1 aromatic heterocycles. The number of hydrogen-bond donors (Lipinski definition) is 1. The minimum atomic E-state index is -5.08. The first-order chi connectivity index (χ1) is 19.4. The van der Waals surface area contributed by atoms with Crippen LogP contribution in [0.4, 0.5) is 18.9 Å². The first-order valence-electron chi connectivity index (χ1n) is 13.5. The van der Waals surface area contributed by atoms with Gasteiger partial charge in [0.15, 0.2) is 6.33 Å². The number of likely N-dealkylation sites (tertiary alicyclic amines) is 2. The summed E-state index contributed by atoms with van der Waals surface area (Å²) in [6.07, 6.45) is 0.961. The maximum Gasteiger partial charge on any atom is 0.490 e. The number of anilines is 1. The number of rotatable bonds is 8. The minimum absolute atomic E-state index is 0.0595. The van der Waals surface area contributed by atoms with E-state index >= 15 is 0 Å². The molecule has 0 atom stereocenters. The molecule has 0 saturated carbocycles. The van der Waals surface area contributed by atoms with Crippen molar-refractivity contribution in [2.45, 2.75) is 51.7 Å². The number of halogens is 4. The van der Waals surface area contributed by atoms with E-state index in [-0.39, 0.29) is 17.7 Å². The summed E-state index contributed by atoms with van der Waals surface area (Å²) in [6.45, 7) is 7.43. The van der Waals surface area contributed by atoms with Crippen molar-refractivity contribution in [3.8, 4) is 0 Å². The second-order valence-electron chi connectivity index (χ2n) is 10.2. The molecule has 0 bridgehead atoms. The monoisotopic (exact) mass is 601 g/mol. The molecular formula is C26H35ClF3N7O4. The number of tetrazole rings is 1. The molecule has 0 spiro atoms. The van der Waals surface area contributed by atoms with Crippen molar-refractivity contribution in [2.24, 2.45) is 11.8 Å². The van der Waals surface area contributed by atoms with E-state index in [1.807, 2.05) is 34.1 Å². The number of alkyl halides is 3. The van der Waals surface area contributed by atoms with E-state index in [0.29, 0.717) is 43.4 Å². The van der Waals surface area contributed by atoms with Gasteiger partial charge in [-0.25, -0.2) is 4.79 Å². The van der Waals surface area contributed by atoms with Gasteiger partial charge < -0.3 is 19.8 Å². The van der Waals surface area contributed by atoms with Crippen molar-refractivity contribution in [3.05, 3.63) is 35.6 Å². The Balaban J connectivity index is 0.000000587. The summed E-state index contributed by atoms with van der Waals surface area (Å²) < 4.78 is 31.7. The van der Waals surface area contributed by atoms with Crippen molar-refractivity contribution in [1.82, 2.24) is 30.0 Å². The Kier molecular flexibility index (Phi) is 11.9. The van der Waals surface area contributed by atoms with Gasteiger partial charge in [0.25, 0.3) is 0 Å². The molecule has 0 aliphatic carbocycles. The largest absolute Gasteiger partial charge is 0.490 e. The number of carbonyl (C=O) groups excluding carboxylic acids is 2. The SMILES string of the molecule is CC(=O)N1CCC(C(=O)N(CCCN2CCC(Cn3ncnn3)CC2)c2cccc(Cl)c2)CC1.O=C(O)C(F)(F)F. The van der Waals surface area contributed by atoms with Crippen LogP contribution in [-0.2, 0) is 20.9 Å². The van der Waals surface area contributed by atoms with Gasteiger partial charge in [-0.15, -0.1) is 10.2 Å². The molecule has 2 aromatic rings. The fraction of sp³-hybridized carbons (Fsp3) is 0.615. The van der Waals surface area contributed by atoms with Crippen molar-refractivity contribution >= 4 is 35.1 Å². The molecule has 11 nitrogen and oxygen atoms in total. The van der Waals surface area contributed by atoms with Crippen molar-refractivity contribution in [2.75, 3.05) is 44.2 Å². The van der Waals surface area contributed by atoms with Crippen LogP contribution >= 0.6 is 11.6 Å². The quantitative estimate of drug-likeness (QED) is 0.488. The zero-order valence-corrected chi connectivity index (χ0v) is 23.6. The Bertz CT molecular complexity index is 1140. The zero-order valence-electron chi connectivity index (χ0n) is 22.8. The van der Waals surface area contributed by atoms with Crippen LogP contribution in [0.2, 0.25) is 5.02 Å². The molecule has 0 radical (unpaired) electrons. The summed E-state index contributed by atoms with van der Waals surface area (Å²) in [6, 6.07) is 7.55. The third-order valence-electron chi connectivity index (χ3n) is 7.29. The predicted octanol–water partition coefficient (Wildman–Crippen LogP) is 3.35. The number of carboxylic acid groups (broad SMARTS) is 1. The van der Waals surface area contributed by atoms with Gasteiger partial charge in [0, 0.05) is 43.2 Å². The molecule has 0 unspecified atom stereocenters. The molecule has 41 heavy (non-hydrogen) atoms. The molecule has 3 heterocycles. The Hall–Kier alpha value is -3.26. The van der Waals surface area contributed by atoms with Gasteiger partial charge in [0.05, 0.1) is 6.54 Å². The normalized spacial score (nSPS) is 17.0. The van der Waals surface area contributed by atoms with Crippen molar-refractivity contribution in [1.29, 1.82) is 0 Å². The third kappa shape index (κ3) is 10.3. The van der Waals surface area contributed by atoms with E-state index in [9.17, 15) is 22.8 Å². The maximum absolute atomic E-state index is 13.5. The molecule has 226 valence electrons. The fourth-order valence-electron chi connectivity index (χ4n) is 5.02. The molecule has 1 aromatic carbocycles. The van der Waals surface area contributed by atoms with Gasteiger partial charge >= 0.3 is 12.1 Å². The van der Waals surface area contributed by atoms with E-state index in [0.717, 1.165) is 51.1 Å². The van der Waals surface area contributed by atoms with Crippen LogP contribution in [0.1, 0.15) is 39.0 Å². The number of aromatic nitrogens is 4. The standard InChI is InChI=1S/C24H34ClN7O2.C2HF3O2/c1-19(33)30-14-8-21(9-15-30)24(34)31(23-5-2-4-22(25)16-23)11-3-10-29-12-6-20(7-13-29)17-32-27-18-26-28-32;3-2(4,5)1(6)7/h2,4-5,16,18,20-21H,3,6-15,17H2,1H3;(H,6,7). The molecular weight excluding hydrogens is 567 g/mol. The van der Waals surface area contributed by atoms with Crippen LogP contribution in [0.3, 0.4) is 0 Å². The predicted molar refractivity (Wildman–Crippen MR) is 144 cm³/mol. The van der Waals surface area contributed by atoms with E-state index in [2.05, 4.69) is 20.3 Å². The fourth-order valence-corrected chi connectivity index (χ4v) is 5.20. The molecule has 2 saturated heterocycles. The van der Waals surface area contributed by atoms with Crippen molar-refractivity contribution in [3.63, 3.8) is 0 Å². The minimum Gasteiger partial charge on any atom is -0.475 e. The first kappa shape index (κ1) is 32.3. The van der Waals surface area contributed by atoms with Gasteiger partial charge in [-0.1, -0.05) is 17.7 Å². The van der Waals surface area contributed by atoms with Gasteiger partial charge in [-0.2, -0.15) is 18.0 Å². The lowest BCUT2D eigenvalue weighted by Crippen LogP contribution is -2.45. The number of hydrogen-bond acceptors (Lipinski definition) is 7. The molecule has 4 rings (SSSR count). The summed E-state index contributed by atoms with van der Waals surface area (Å²) in [4.78, 5) is 42.0. The van der Waals surface area contributed by atoms with E-state index < -0.39 is 12.1 Å². The average molecular weight is 602 g/mol. The number of carbonyl (C=O) groups is 3. The Morgan fingerprint density at radius 2 is 1.76 bits per heavy atom. The number of amides is 2. The summed E-state index contributed by atoms with van der Waals surface area (Å²) >= 11 is 6.25. The third-order valence-corrected chi connectivity index (χ3v) is 7.53. The summed E-state index contributed by atoms with van der Waals surface area (Å²) in [5.74, 6) is -2.01. The van der Waals surface area contributed by atoms with Crippen molar-refractivity contribution < 1.29 is 32.7 Å². The zero-order chi connectivity index (χ0) is 30.0. The number of aliphatic carboxylic acids is 1. The van der Waals surface area contributed by atoms with Crippen LogP contribution in [0.5, 0.6) is 0 Å². The molecule has 2 aliphatic heterocycles. The van der Waals surface area contributed by atoms with E-state index in [1.165, 1.54) is 6.33 Å². The number of carboxylic acids is 1. The summed E-state index contributed by atoms with van der Waals surface area (Å²) in [5, 5.41) is 19.6. The van der Waals surface area contributed by atoms with Crippen LogP contribution in [-0.4, -0.2) is 98.3 Å². The topological polar surface area (TPSA) is 125 Å². The van der Waals surface area contributed by atoms with Crippen LogP contribution in [0.15, 0.2) is 30.6 Å². The highest BCUT2D eigenvalue weighted by atomic mass is 35.5. The lowest BCUT2D eigenvalue weighted by atomic mass is 9.94. The average Bonchev–Trinajstić information content (AvgIpc) is 3.45. The second kappa shape index (κ2) is 15.1. The summed E-state index contributed by atoms with van der Waals surface area (Å²) in [5.41, 5.74) is 0.852. The van der Waals surface area contributed by atoms with Gasteiger partial charge in [-0.3, -0.25) is 9.59 Å². The lowest BCUT2D eigenvalue weighted by molar-refractivity contribution is -0.192. The van der Waals surface area contributed by atoms with Gasteiger partial charge in [-0.05, 0) is 81.1 Å². The Morgan fingerprint density at radius 1 is 1.10 bits per heavy atom. The Morgan fingerprint density at radius 3 is 2.29 bits per heavy atom. The molecule has 2 aliphatic rings. The number of piperidine rings is 2. The van der Waals surface area contributed by atoms with Crippen LogP contribution in [0, 0.1) is 11.8 Å². The number of nitrogens with zero attached hydrogens (tertiary/aromatic N) is 7.